The summed E-state index contributed by atoms with van der Waals surface area (Å²) >= 11 is 0. The summed E-state index contributed by atoms with van der Waals surface area (Å²) in [7, 11) is 6.46. The number of aryl methyl sites for hydroxylation is 1. The van der Waals surface area contributed by atoms with Crippen LogP contribution < -0.4 is 5.32 Å². The van der Waals surface area contributed by atoms with E-state index in [-0.39, 0.29) is 0 Å². The van der Waals surface area contributed by atoms with Gasteiger partial charge in [0.2, 0.25) is 0 Å². The normalized spacial score (nSPS) is 20.7. The highest BCUT2D eigenvalue weighted by atomic mass is 15.3. The van der Waals surface area contributed by atoms with Crippen LogP contribution in [0.3, 0.4) is 0 Å². The lowest BCUT2D eigenvalue weighted by molar-refractivity contribution is 0.0955. The van der Waals surface area contributed by atoms with Gasteiger partial charge < -0.3 is 10.2 Å². The highest BCUT2D eigenvalue weighted by Gasteiger charge is 2.34. The fourth-order valence-corrected chi connectivity index (χ4v) is 3.25. The van der Waals surface area contributed by atoms with Gasteiger partial charge in [-0.1, -0.05) is 19.3 Å². The van der Waals surface area contributed by atoms with Crippen molar-refractivity contribution < 1.29 is 0 Å². The quantitative estimate of drug-likeness (QED) is 0.886. The van der Waals surface area contributed by atoms with E-state index < -0.39 is 0 Å². The molecule has 108 valence electrons. The number of nitrogens with one attached hydrogen (secondary N) is 1. The van der Waals surface area contributed by atoms with Gasteiger partial charge in [-0.3, -0.25) is 4.68 Å². The summed E-state index contributed by atoms with van der Waals surface area (Å²) in [5.41, 5.74) is 1.59. The minimum Gasteiger partial charge on any atom is -0.307 e. The Morgan fingerprint density at radius 3 is 2.58 bits per heavy atom. The monoisotopic (exact) mass is 264 g/mol. The molecule has 1 N–H and O–H groups in total. The van der Waals surface area contributed by atoms with Crippen molar-refractivity contribution in [3.8, 4) is 0 Å². The number of aromatic nitrogens is 2. The lowest BCUT2D eigenvalue weighted by Crippen LogP contribution is -2.53. The summed E-state index contributed by atoms with van der Waals surface area (Å²) in [6.07, 6.45) is 8.61. The molecule has 4 heteroatoms. The molecule has 0 radical (unpaired) electrons. The summed E-state index contributed by atoms with van der Waals surface area (Å²) in [6, 6.07) is 2.45. The molecule has 0 aliphatic heterocycles. The summed E-state index contributed by atoms with van der Waals surface area (Å²) in [5.74, 6) is 0. The van der Waals surface area contributed by atoms with Crippen molar-refractivity contribution in [2.45, 2.75) is 50.6 Å². The smallest absolute Gasteiger partial charge is 0.0547 e. The van der Waals surface area contributed by atoms with Crippen LogP contribution in [0, 0.1) is 0 Å². The zero-order valence-electron chi connectivity index (χ0n) is 12.8. The zero-order chi connectivity index (χ0) is 13.9. The first-order valence-corrected chi connectivity index (χ1v) is 7.44. The number of hydrogen-bond donors (Lipinski definition) is 1. The fourth-order valence-electron chi connectivity index (χ4n) is 3.25. The number of likely N-dealkylation sites (N-methyl/N-ethyl adjacent to an activating group) is 1. The third kappa shape index (κ3) is 3.18. The van der Waals surface area contributed by atoms with Gasteiger partial charge in [0.05, 0.1) is 5.69 Å². The Morgan fingerprint density at radius 1 is 1.37 bits per heavy atom. The van der Waals surface area contributed by atoms with Crippen molar-refractivity contribution in [2.24, 2.45) is 7.05 Å². The summed E-state index contributed by atoms with van der Waals surface area (Å²) in [4.78, 5) is 2.43. The lowest BCUT2D eigenvalue weighted by Gasteiger charge is -2.44. The molecular formula is C15H28N4. The van der Waals surface area contributed by atoms with Gasteiger partial charge in [0, 0.05) is 31.4 Å². The molecule has 0 amide bonds. The Morgan fingerprint density at radius 2 is 2.05 bits per heavy atom. The van der Waals surface area contributed by atoms with Gasteiger partial charge in [0.25, 0.3) is 0 Å². The first-order chi connectivity index (χ1) is 9.05. The second-order valence-corrected chi connectivity index (χ2v) is 6.16. The van der Waals surface area contributed by atoms with Crippen LogP contribution in [0.4, 0.5) is 0 Å². The van der Waals surface area contributed by atoms with Crippen molar-refractivity contribution in [1.29, 1.82) is 0 Å². The molecular weight excluding hydrogens is 236 g/mol. The Hall–Kier alpha value is -0.870. The predicted molar refractivity (Wildman–Crippen MR) is 79.1 cm³/mol. The average Bonchev–Trinajstić information content (AvgIpc) is 2.83. The van der Waals surface area contributed by atoms with Crippen LogP contribution in [-0.4, -0.2) is 40.9 Å². The maximum absolute atomic E-state index is 4.25. The Kier molecular flexibility index (Phi) is 4.63. The van der Waals surface area contributed by atoms with Gasteiger partial charge in [-0.2, -0.15) is 5.10 Å². The summed E-state index contributed by atoms with van der Waals surface area (Å²) in [5, 5.41) is 7.97. The molecule has 1 aliphatic carbocycles. The van der Waals surface area contributed by atoms with Crippen LogP contribution in [0.5, 0.6) is 0 Å². The minimum atomic E-state index is 0.338. The van der Waals surface area contributed by atoms with Crippen LogP contribution in [0.25, 0.3) is 0 Å². The first-order valence-electron chi connectivity index (χ1n) is 7.44. The van der Waals surface area contributed by atoms with Gasteiger partial charge in [-0.25, -0.2) is 0 Å². The highest BCUT2D eigenvalue weighted by molar-refractivity contribution is 5.06. The molecule has 2 rings (SSSR count). The molecule has 1 saturated carbocycles. The summed E-state index contributed by atoms with van der Waals surface area (Å²) in [6.45, 7) is 3.29. The highest BCUT2D eigenvalue weighted by Crippen LogP contribution is 2.32. The van der Waals surface area contributed by atoms with Gasteiger partial charge in [-0.15, -0.1) is 0 Å². The van der Waals surface area contributed by atoms with Crippen LogP contribution in [0.15, 0.2) is 12.3 Å². The number of rotatable bonds is 5. The molecule has 0 saturated heterocycles. The summed E-state index contributed by atoms with van der Waals surface area (Å²) < 4.78 is 1.96. The van der Waals surface area contributed by atoms with Crippen molar-refractivity contribution in [1.82, 2.24) is 20.0 Å². The second kappa shape index (κ2) is 6.06. The molecule has 1 unspecified atom stereocenters. The van der Waals surface area contributed by atoms with E-state index >= 15 is 0 Å². The van der Waals surface area contributed by atoms with Crippen LogP contribution in [0.1, 0.15) is 50.8 Å². The Bertz CT molecular complexity index is 391. The standard InChI is InChI=1S/C15H28N4/c1-13(14-8-11-17-19(14)4)16-12-15(18(2)3)9-6-5-7-10-15/h8,11,13,16H,5-7,9-10,12H2,1-4H3. The third-order valence-electron chi connectivity index (χ3n) is 4.77. The molecule has 0 spiro atoms. The van der Waals surface area contributed by atoms with E-state index in [4.69, 9.17) is 0 Å². The predicted octanol–water partition coefficient (Wildman–Crippen LogP) is 2.34. The van der Waals surface area contributed by atoms with E-state index in [2.05, 4.69) is 42.4 Å². The maximum atomic E-state index is 4.25. The topological polar surface area (TPSA) is 33.1 Å². The maximum Gasteiger partial charge on any atom is 0.0547 e. The van der Waals surface area contributed by atoms with Gasteiger partial charge in [0.15, 0.2) is 0 Å². The average molecular weight is 264 g/mol. The van der Waals surface area contributed by atoms with Crippen molar-refractivity contribution in [3.63, 3.8) is 0 Å². The number of nitrogens with zero attached hydrogens (tertiary/aromatic N) is 3. The SMILES string of the molecule is CC(NCC1(N(C)C)CCCCC1)c1ccnn1C. The van der Waals surface area contributed by atoms with Gasteiger partial charge >= 0.3 is 0 Å². The van der Waals surface area contributed by atoms with E-state index in [0.29, 0.717) is 11.6 Å². The van der Waals surface area contributed by atoms with Gasteiger partial charge in [0.1, 0.15) is 0 Å². The lowest BCUT2D eigenvalue weighted by atomic mass is 9.80. The number of hydrogen-bond acceptors (Lipinski definition) is 3. The van der Waals surface area contributed by atoms with E-state index in [1.165, 1.54) is 37.8 Å². The van der Waals surface area contributed by atoms with Crippen molar-refractivity contribution >= 4 is 0 Å². The van der Waals surface area contributed by atoms with E-state index in [0.717, 1.165) is 6.54 Å². The molecule has 19 heavy (non-hydrogen) atoms. The van der Waals surface area contributed by atoms with Crippen LogP contribution in [-0.2, 0) is 7.05 Å². The molecule has 1 fully saturated rings. The largest absolute Gasteiger partial charge is 0.307 e. The van der Waals surface area contributed by atoms with E-state index in [1.54, 1.807) is 0 Å². The molecule has 0 bridgehead atoms. The minimum absolute atomic E-state index is 0.338. The molecule has 1 aromatic rings. The van der Waals surface area contributed by atoms with Crippen molar-refractivity contribution in [2.75, 3.05) is 20.6 Å². The Balaban J connectivity index is 1.97. The van der Waals surface area contributed by atoms with Gasteiger partial charge in [-0.05, 0) is 39.9 Å². The fraction of sp³-hybridized carbons (Fsp3) is 0.800. The third-order valence-corrected chi connectivity index (χ3v) is 4.77. The molecule has 1 atom stereocenters. The zero-order valence-corrected chi connectivity index (χ0v) is 12.8. The van der Waals surface area contributed by atoms with Crippen LogP contribution >= 0.6 is 0 Å². The molecule has 1 heterocycles. The second-order valence-electron chi connectivity index (χ2n) is 6.16. The van der Waals surface area contributed by atoms with Crippen LogP contribution in [0.2, 0.25) is 0 Å². The Labute approximate surface area is 117 Å². The molecule has 0 aromatic carbocycles. The molecule has 1 aromatic heterocycles. The first kappa shape index (κ1) is 14.5. The van der Waals surface area contributed by atoms with E-state index in [1.807, 2.05) is 17.9 Å². The molecule has 1 aliphatic rings. The van der Waals surface area contributed by atoms with Crippen molar-refractivity contribution in [3.05, 3.63) is 18.0 Å². The molecule has 4 nitrogen and oxygen atoms in total. The van der Waals surface area contributed by atoms with E-state index in [9.17, 15) is 0 Å².